The molecular weight excluding hydrogens is 238 g/mol. The van der Waals surface area contributed by atoms with Gasteiger partial charge in [0.05, 0.1) is 6.10 Å². The minimum Gasteiger partial charge on any atom is -0.475 e. The Hall–Kier alpha value is -1.32. The summed E-state index contributed by atoms with van der Waals surface area (Å²) in [7, 11) is 0. The summed E-state index contributed by atoms with van der Waals surface area (Å²) in [5.74, 6) is 1.32. The normalized spacial score (nSPS) is 22.3. The van der Waals surface area contributed by atoms with Crippen molar-refractivity contribution in [1.82, 2.24) is 9.97 Å². The van der Waals surface area contributed by atoms with Crippen LogP contribution >= 0.6 is 0 Å². The van der Waals surface area contributed by atoms with Gasteiger partial charge >= 0.3 is 0 Å². The molecule has 1 aliphatic carbocycles. The summed E-state index contributed by atoms with van der Waals surface area (Å²) in [6.07, 6.45) is 6.93. The van der Waals surface area contributed by atoms with Crippen LogP contribution in [0.2, 0.25) is 0 Å². The number of anilines is 1. The number of hydrogen-bond donors (Lipinski definition) is 1. The fraction of sp³-hybridized carbons (Fsp3) is 0.733. The van der Waals surface area contributed by atoms with Crippen LogP contribution in [0.4, 0.5) is 5.95 Å². The van der Waals surface area contributed by atoms with E-state index in [2.05, 4.69) is 29.1 Å². The molecule has 1 saturated carbocycles. The highest BCUT2D eigenvalue weighted by molar-refractivity contribution is 5.30. The summed E-state index contributed by atoms with van der Waals surface area (Å²) < 4.78 is 5.60. The van der Waals surface area contributed by atoms with Gasteiger partial charge in [-0.2, -0.15) is 4.98 Å². The Morgan fingerprint density at radius 2 is 2.16 bits per heavy atom. The molecule has 1 fully saturated rings. The van der Waals surface area contributed by atoms with Gasteiger partial charge < -0.3 is 10.1 Å². The Kier molecular flexibility index (Phi) is 4.27. The predicted octanol–water partition coefficient (Wildman–Crippen LogP) is 3.64. The molecule has 1 aromatic heterocycles. The second-order valence-corrected chi connectivity index (χ2v) is 6.32. The van der Waals surface area contributed by atoms with Crippen molar-refractivity contribution in [2.24, 2.45) is 5.41 Å². The summed E-state index contributed by atoms with van der Waals surface area (Å²) in [6.45, 7) is 8.63. The van der Waals surface area contributed by atoms with Crippen molar-refractivity contribution in [3.8, 4) is 5.88 Å². The molecule has 1 N–H and O–H groups in total. The fourth-order valence-electron chi connectivity index (χ4n) is 2.64. The maximum atomic E-state index is 5.60. The number of nitrogens with zero attached hydrogens (tertiary/aromatic N) is 2. The highest BCUT2D eigenvalue weighted by Gasteiger charge is 2.32. The van der Waals surface area contributed by atoms with E-state index in [4.69, 9.17) is 4.74 Å². The first kappa shape index (κ1) is 14.1. The topological polar surface area (TPSA) is 47.0 Å². The molecule has 1 heterocycles. The summed E-state index contributed by atoms with van der Waals surface area (Å²) in [5.41, 5.74) is 0.302. The third kappa shape index (κ3) is 3.82. The molecule has 4 nitrogen and oxygen atoms in total. The first-order chi connectivity index (χ1) is 8.97. The molecule has 0 spiro atoms. The van der Waals surface area contributed by atoms with E-state index < -0.39 is 0 Å². The Labute approximate surface area is 116 Å². The number of ether oxygens (including phenoxy) is 1. The second kappa shape index (κ2) is 5.76. The average Bonchev–Trinajstić information content (AvgIpc) is 2.31. The van der Waals surface area contributed by atoms with E-state index in [1.54, 1.807) is 12.3 Å². The van der Waals surface area contributed by atoms with Crippen molar-refractivity contribution in [3.05, 3.63) is 12.3 Å². The molecule has 106 valence electrons. The van der Waals surface area contributed by atoms with E-state index in [9.17, 15) is 0 Å². The smallest absolute Gasteiger partial charge is 0.226 e. The Morgan fingerprint density at radius 3 is 2.84 bits per heavy atom. The SMILES string of the molecule is CC(C)Oc1ccnc(NC2CCCCC2(C)C)n1. The van der Waals surface area contributed by atoms with E-state index in [0.717, 1.165) is 0 Å². The molecule has 0 saturated heterocycles. The zero-order valence-corrected chi connectivity index (χ0v) is 12.4. The summed E-state index contributed by atoms with van der Waals surface area (Å²) in [6, 6.07) is 2.24. The van der Waals surface area contributed by atoms with E-state index >= 15 is 0 Å². The lowest BCUT2D eigenvalue weighted by Gasteiger charge is -2.39. The molecule has 0 bridgehead atoms. The second-order valence-electron chi connectivity index (χ2n) is 6.32. The molecule has 0 amide bonds. The van der Waals surface area contributed by atoms with Crippen molar-refractivity contribution < 1.29 is 4.74 Å². The zero-order chi connectivity index (χ0) is 13.9. The lowest BCUT2D eigenvalue weighted by atomic mass is 9.73. The van der Waals surface area contributed by atoms with Crippen LogP contribution in [0, 0.1) is 5.41 Å². The van der Waals surface area contributed by atoms with Crippen LogP contribution in [-0.2, 0) is 0 Å². The Morgan fingerprint density at radius 1 is 1.37 bits per heavy atom. The molecule has 1 aliphatic rings. The minimum atomic E-state index is 0.133. The summed E-state index contributed by atoms with van der Waals surface area (Å²) in [4.78, 5) is 8.73. The molecule has 0 aromatic carbocycles. The minimum absolute atomic E-state index is 0.133. The largest absolute Gasteiger partial charge is 0.475 e. The van der Waals surface area contributed by atoms with Gasteiger partial charge in [0.2, 0.25) is 11.8 Å². The molecule has 1 unspecified atom stereocenters. The van der Waals surface area contributed by atoms with Crippen molar-refractivity contribution in [1.29, 1.82) is 0 Å². The maximum absolute atomic E-state index is 5.60. The molecular formula is C15H25N3O. The number of nitrogens with one attached hydrogen (secondary N) is 1. The highest BCUT2D eigenvalue weighted by Crippen LogP contribution is 2.36. The van der Waals surface area contributed by atoms with E-state index in [0.29, 0.717) is 23.3 Å². The Balaban J connectivity index is 2.05. The van der Waals surface area contributed by atoms with Gasteiger partial charge in [-0.15, -0.1) is 0 Å². The van der Waals surface area contributed by atoms with Crippen LogP contribution in [-0.4, -0.2) is 22.1 Å². The average molecular weight is 263 g/mol. The molecule has 0 radical (unpaired) electrons. The summed E-state index contributed by atoms with van der Waals surface area (Å²) in [5, 5.41) is 3.48. The van der Waals surface area contributed by atoms with Gasteiger partial charge in [0.25, 0.3) is 0 Å². The van der Waals surface area contributed by atoms with Crippen molar-refractivity contribution in [2.45, 2.75) is 65.5 Å². The summed E-state index contributed by atoms with van der Waals surface area (Å²) >= 11 is 0. The van der Waals surface area contributed by atoms with Crippen LogP contribution in [0.15, 0.2) is 12.3 Å². The van der Waals surface area contributed by atoms with Crippen LogP contribution in [0.1, 0.15) is 53.4 Å². The lowest BCUT2D eigenvalue weighted by molar-refractivity contribution is 0.215. The first-order valence-corrected chi connectivity index (χ1v) is 7.23. The van der Waals surface area contributed by atoms with E-state index in [1.165, 1.54) is 25.7 Å². The molecule has 0 aliphatic heterocycles. The molecule has 19 heavy (non-hydrogen) atoms. The third-order valence-electron chi connectivity index (χ3n) is 3.80. The van der Waals surface area contributed by atoms with Crippen molar-refractivity contribution in [3.63, 3.8) is 0 Å². The molecule has 2 rings (SSSR count). The number of hydrogen-bond acceptors (Lipinski definition) is 4. The van der Waals surface area contributed by atoms with Gasteiger partial charge in [0.15, 0.2) is 0 Å². The molecule has 1 aromatic rings. The third-order valence-corrected chi connectivity index (χ3v) is 3.80. The maximum Gasteiger partial charge on any atom is 0.226 e. The van der Waals surface area contributed by atoms with Gasteiger partial charge in [0.1, 0.15) is 0 Å². The molecule has 1 atom stereocenters. The predicted molar refractivity (Wildman–Crippen MR) is 77.5 cm³/mol. The van der Waals surface area contributed by atoms with E-state index in [1.807, 2.05) is 13.8 Å². The van der Waals surface area contributed by atoms with Gasteiger partial charge in [-0.25, -0.2) is 4.98 Å². The fourth-order valence-corrected chi connectivity index (χ4v) is 2.64. The van der Waals surface area contributed by atoms with Gasteiger partial charge in [-0.05, 0) is 32.1 Å². The van der Waals surface area contributed by atoms with E-state index in [-0.39, 0.29) is 6.10 Å². The quantitative estimate of drug-likeness (QED) is 0.900. The highest BCUT2D eigenvalue weighted by atomic mass is 16.5. The first-order valence-electron chi connectivity index (χ1n) is 7.23. The number of aromatic nitrogens is 2. The Bertz CT molecular complexity index is 418. The monoisotopic (exact) mass is 263 g/mol. The van der Waals surface area contributed by atoms with Gasteiger partial charge in [-0.3, -0.25) is 0 Å². The van der Waals surface area contributed by atoms with Crippen LogP contribution in [0.3, 0.4) is 0 Å². The van der Waals surface area contributed by atoms with Crippen LogP contribution < -0.4 is 10.1 Å². The van der Waals surface area contributed by atoms with Crippen molar-refractivity contribution >= 4 is 5.95 Å². The standard InChI is InChI=1S/C15H25N3O/c1-11(2)19-13-8-10-16-14(18-13)17-12-7-5-6-9-15(12,3)4/h8,10-12H,5-7,9H2,1-4H3,(H,16,17,18). The number of rotatable bonds is 4. The van der Waals surface area contributed by atoms with Crippen LogP contribution in [0.5, 0.6) is 5.88 Å². The zero-order valence-electron chi connectivity index (χ0n) is 12.4. The van der Waals surface area contributed by atoms with Crippen molar-refractivity contribution in [2.75, 3.05) is 5.32 Å². The van der Waals surface area contributed by atoms with Gasteiger partial charge in [-0.1, -0.05) is 26.7 Å². The van der Waals surface area contributed by atoms with Gasteiger partial charge in [0, 0.05) is 18.3 Å². The van der Waals surface area contributed by atoms with Crippen LogP contribution in [0.25, 0.3) is 0 Å². The lowest BCUT2D eigenvalue weighted by Crippen LogP contribution is -2.39. The molecule has 4 heteroatoms.